The number of rotatable bonds is 14. The number of phenolic OH excluding ortho intramolecular Hbond substituents is 1. The van der Waals surface area contributed by atoms with E-state index in [4.69, 9.17) is 30.5 Å². The molecule has 0 radical (unpaired) electrons. The van der Waals surface area contributed by atoms with Crippen LogP contribution in [0.3, 0.4) is 0 Å². The Hall–Kier alpha value is -4.31. The molecule has 1 spiro atoms. The number of aromatic hydroxyl groups is 1. The second kappa shape index (κ2) is 14.2. The lowest BCUT2D eigenvalue weighted by Crippen LogP contribution is -2.33. The molecule has 0 aromatic heterocycles. The summed E-state index contributed by atoms with van der Waals surface area (Å²) in [6.07, 6.45) is 4.27. The molecule has 2 aliphatic rings. The molecule has 1 unspecified atom stereocenters. The van der Waals surface area contributed by atoms with Gasteiger partial charge in [-0.25, -0.2) is 4.79 Å². The molecule has 0 saturated carbocycles. The summed E-state index contributed by atoms with van der Waals surface area (Å²) < 4.78 is 24.1. The summed E-state index contributed by atoms with van der Waals surface area (Å²) in [6, 6.07) is 19.6. The summed E-state index contributed by atoms with van der Waals surface area (Å²) >= 11 is 5.70. The highest BCUT2D eigenvalue weighted by Gasteiger charge is 2.54. The average Bonchev–Trinajstić information content (AvgIpc) is 3.36. The van der Waals surface area contributed by atoms with Gasteiger partial charge in [0.05, 0.1) is 25.4 Å². The first-order valence-corrected chi connectivity index (χ1v) is 16.5. The second-order valence-corrected chi connectivity index (χ2v) is 12.3. The minimum atomic E-state index is -1.35. The number of alkyl halides is 1. The third-order valence-electron chi connectivity index (χ3n) is 8.61. The van der Waals surface area contributed by atoms with Gasteiger partial charge in [-0.2, -0.15) is 0 Å². The monoisotopic (exact) mass is 658 g/mol. The van der Waals surface area contributed by atoms with Crippen LogP contribution < -0.4 is 15.0 Å². The van der Waals surface area contributed by atoms with Crippen LogP contribution in [0.15, 0.2) is 66.7 Å². The van der Waals surface area contributed by atoms with Crippen LogP contribution in [-0.4, -0.2) is 69.9 Å². The van der Waals surface area contributed by atoms with E-state index in [1.807, 2.05) is 49.3 Å². The zero-order valence-corrected chi connectivity index (χ0v) is 27.4. The number of hydrogen-bond acceptors (Lipinski definition) is 8. The number of hydrogen-bond donors (Lipinski definition) is 2. The van der Waals surface area contributed by atoms with Crippen molar-refractivity contribution in [3.63, 3.8) is 0 Å². The number of esters is 1. The number of phenols is 1. The largest absolute Gasteiger partial charge is 0.508 e. The van der Waals surface area contributed by atoms with Crippen LogP contribution in [0.5, 0.6) is 17.2 Å². The first kappa shape index (κ1) is 32.6. The van der Waals surface area contributed by atoms with Gasteiger partial charge in [-0.15, -0.1) is 11.6 Å². The van der Waals surface area contributed by atoms with Crippen molar-refractivity contribution in [2.45, 2.75) is 31.3 Å². The fraction of sp³-hybridized carbons (Fsp3) is 0.351. The summed E-state index contributed by atoms with van der Waals surface area (Å²) in [5.74, 6) is 1.12. The molecule has 4 aromatic rings. The van der Waals surface area contributed by atoms with E-state index in [2.05, 4.69) is 5.32 Å². The van der Waals surface area contributed by atoms with Crippen molar-refractivity contribution < 1.29 is 33.6 Å². The fourth-order valence-electron chi connectivity index (χ4n) is 6.21. The number of amides is 1. The smallest absolute Gasteiger partial charge is 0.340 e. The van der Waals surface area contributed by atoms with E-state index < -0.39 is 11.6 Å². The van der Waals surface area contributed by atoms with Gasteiger partial charge < -0.3 is 34.3 Å². The highest BCUT2D eigenvalue weighted by atomic mass is 35.5. The van der Waals surface area contributed by atoms with Gasteiger partial charge in [-0.05, 0) is 72.8 Å². The number of benzene rings is 4. The molecule has 2 aliphatic heterocycles. The van der Waals surface area contributed by atoms with Crippen LogP contribution in [0, 0.1) is 0 Å². The number of anilines is 1. The van der Waals surface area contributed by atoms with E-state index >= 15 is 0 Å². The molecule has 2 N–H and O–H groups in total. The molecule has 0 bridgehead atoms. The minimum Gasteiger partial charge on any atom is -0.508 e. The number of carbonyl (C=O) groups excluding carboxylic acids is 2. The number of nitrogens with zero attached hydrogens (tertiary/aromatic N) is 1. The Balaban J connectivity index is 1.23. The molecule has 4 aromatic carbocycles. The topological polar surface area (TPSA) is 107 Å². The number of unbranched alkanes of at least 4 members (excludes halogenated alkanes) is 3. The first-order chi connectivity index (χ1) is 22.8. The lowest BCUT2D eigenvalue weighted by Gasteiger charge is -2.37. The second-order valence-electron chi connectivity index (χ2n) is 11.9. The molecule has 1 amide bonds. The van der Waals surface area contributed by atoms with Crippen molar-refractivity contribution in [3.05, 3.63) is 94.5 Å². The molecule has 0 fully saturated rings. The summed E-state index contributed by atoms with van der Waals surface area (Å²) in [5.41, 5.74) is 2.18. The van der Waals surface area contributed by atoms with E-state index in [0.29, 0.717) is 78.2 Å². The van der Waals surface area contributed by atoms with Gasteiger partial charge >= 0.3 is 5.97 Å². The first-order valence-electron chi connectivity index (χ1n) is 16.0. The van der Waals surface area contributed by atoms with E-state index in [-0.39, 0.29) is 11.7 Å². The molecule has 47 heavy (non-hydrogen) atoms. The number of halogens is 1. The Kier molecular flexibility index (Phi) is 9.87. The van der Waals surface area contributed by atoms with Crippen LogP contribution in [-0.2, 0) is 19.8 Å². The molecular formula is C37H39ClN2O7. The van der Waals surface area contributed by atoms with Gasteiger partial charge in [0, 0.05) is 72.5 Å². The van der Waals surface area contributed by atoms with Gasteiger partial charge in [0.1, 0.15) is 17.2 Å². The highest BCUT2D eigenvalue weighted by molar-refractivity contribution is 6.17. The Morgan fingerprint density at radius 1 is 0.872 bits per heavy atom. The third-order valence-corrected chi connectivity index (χ3v) is 8.88. The number of fused-ring (bicyclic) bond motifs is 8. The standard InChI is InChI=1S/C37H39ClN2O7/c1-40(2)26-9-14-30-33(23-26)46-34-28-12-10-27(41)21-24(28)8-13-31(34)37(30)32-22-25(7-11-29(32)36(43)47-37)35(42)39-16-18-45-20-19-44-17-6-4-3-5-15-38/h7-14,21-23,41H,3-6,15-20H2,1-2H3,(H,39,42). The zero-order chi connectivity index (χ0) is 33.0. The molecule has 10 heteroatoms. The summed E-state index contributed by atoms with van der Waals surface area (Å²) in [6.45, 7) is 2.32. The zero-order valence-electron chi connectivity index (χ0n) is 26.6. The van der Waals surface area contributed by atoms with E-state index in [9.17, 15) is 14.7 Å². The van der Waals surface area contributed by atoms with Gasteiger partial charge in [0.25, 0.3) is 5.91 Å². The van der Waals surface area contributed by atoms with Crippen molar-refractivity contribution in [1.29, 1.82) is 0 Å². The normalized spacial score (nSPS) is 15.9. The van der Waals surface area contributed by atoms with E-state index in [0.717, 1.165) is 42.1 Å². The predicted octanol–water partition coefficient (Wildman–Crippen LogP) is 6.74. The highest BCUT2D eigenvalue weighted by Crippen LogP contribution is 2.58. The van der Waals surface area contributed by atoms with Crippen molar-refractivity contribution in [2.24, 2.45) is 0 Å². The molecule has 6 rings (SSSR count). The molecule has 0 aliphatic carbocycles. The summed E-state index contributed by atoms with van der Waals surface area (Å²) in [5, 5.41) is 14.6. The Labute approximate surface area is 279 Å². The fourth-order valence-corrected chi connectivity index (χ4v) is 6.40. The summed E-state index contributed by atoms with van der Waals surface area (Å²) in [7, 11) is 3.88. The number of nitrogens with one attached hydrogen (secondary N) is 1. The lowest BCUT2D eigenvalue weighted by molar-refractivity contribution is 0.0225. The molecule has 2 heterocycles. The van der Waals surface area contributed by atoms with Crippen molar-refractivity contribution >= 4 is 39.9 Å². The molecule has 1 atom stereocenters. The number of carbonyl (C=O) groups is 2. The van der Waals surface area contributed by atoms with Crippen LogP contribution in [0.25, 0.3) is 10.8 Å². The van der Waals surface area contributed by atoms with Crippen LogP contribution in [0.4, 0.5) is 5.69 Å². The van der Waals surface area contributed by atoms with Gasteiger partial charge in [-0.3, -0.25) is 4.79 Å². The van der Waals surface area contributed by atoms with Crippen LogP contribution in [0.1, 0.15) is 63.1 Å². The average molecular weight is 659 g/mol. The minimum absolute atomic E-state index is 0.134. The summed E-state index contributed by atoms with van der Waals surface area (Å²) in [4.78, 5) is 28.8. The third kappa shape index (κ3) is 6.48. The quantitative estimate of drug-likeness (QED) is 0.0872. The maximum Gasteiger partial charge on any atom is 0.340 e. The SMILES string of the molecule is CN(C)c1ccc2c(c1)Oc1c(ccc3cc(O)ccc13)C21OC(=O)c2ccc(C(=O)NCCOCCOCCCCCCCl)cc21. The van der Waals surface area contributed by atoms with Gasteiger partial charge in [0.15, 0.2) is 5.60 Å². The molecular weight excluding hydrogens is 620 g/mol. The van der Waals surface area contributed by atoms with Crippen molar-refractivity contribution in [3.8, 4) is 17.2 Å². The predicted molar refractivity (Wildman–Crippen MR) is 181 cm³/mol. The Bertz CT molecular complexity index is 1790. The number of ether oxygens (including phenoxy) is 4. The van der Waals surface area contributed by atoms with E-state index in [1.165, 1.54) is 0 Å². The van der Waals surface area contributed by atoms with Crippen molar-refractivity contribution in [1.82, 2.24) is 5.32 Å². The van der Waals surface area contributed by atoms with Crippen LogP contribution in [0.2, 0.25) is 0 Å². The lowest BCUT2D eigenvalue weighted by atomic mass is 9.76. The Morgan fingerprint density at radius 2 is 1.66 bits per heavy atom. The van der Waals surface area contributed by atoms with Crippen molar-refractivity contribution in [2.75, 3.05) is 57.8 Å². The van der Waals surface area contributed by atoms with Crippen LogP contribution >= 0.6 is 11.6 Å². The maximum absolute atomic E-state index is 13.5. The van der Waals surface area contributed by atoms with E-state index in [1.54, 1.807) is 36.4 Å². The molecule has 9 nitrogen and oxygen atoms in total. The Morgan fingerprint density at radius 3 is 2.47 bits per heavy atom. The molecule has 246 valence electrons. The van der Waals surface area contributed by atoms with Gasteiger partial charge in [0.2, 0.25) is 0 Å². The van der Waals surface area contributed by atoms with Gasteiger partial charge in [-0.1, -0.05) is 18.9 Å². The maximum atomic E-state index is 13.5. The molecule has 0 saturated heterocycles.